The van der Waals surface area contributed by atoms with Crippen molar-refractivity contribution in [2.75, 3.05) is 13.1 Å². The lowest BCUT2D eigenvalue weighted by Gasteiger charge is -2.26. The number of nitrogens with zero attached hydrogens (tertiary/aromatic N) is 2. The molecule has 30 heavy (non-hydrogen) atoms. The molecular formula is C23H23F3N2O2. The number of amides is 2. The minimum Gasteiger partial charge on any atom is -0.466 e. The summed E-state index contributed by atoms with van der Waals surface area (Å²) in [5, 5.41) is 0. The Morgan fingerprint density at radius 3 is 2.90 bits per heavy atom. The number of halogens is 3. The molecule has 1 atom stereocenters. The van der Waals surface area contributed by atoms with E-state index in [0.29, 0.717) is 37.3 Å². The molecule has 2 heterocycles. The molecule has 2 amide bonds. The topological polar surface area (TPSA) is 32.8 Å². The van der Waals surface area contributed by atoms with Crippen LogP contribution in [-0.4, -0.2) is 28.9 Å². The van der Waals surface area contributed by atoms with E-state index in [1.54, 1.807) is 23.4 Å². The zero-order valence-corrected chi connectivity index (χ0v) is 16.4. The van der Waals surface area contributed by atoms with Gasteiger partial charge in [0.25, 0.3) is 0 Å². The number of carbonyl (C=O) groups is 1. The third-order valence-electron chi connectivity index (χ3n) is 5.59. The van der Waals surface area contributed by atoms with Crippen LogP contribution in [0.1, 0.15) is 42.7 Å². The van der Waals surface area contributed by atoms with E-state index in [4.69, 9.17) is 4.74 Å². The molecule has 158 valence electrons. The molecule has 0 N–H and O–H groups in total. The second kappa shape index (κ2) is 8.42. The standard InChI is InChI=1S/C23H23F3N2O2/c24-23(25,26)20-8-4-7-18(14-20)19-9-10-27(15-19)22(29)28-11-12-30-21(16-28)13-17-5-2-1-3-6-17/h1-2,4-5,7-8,11-12,14,16,19H,3,6,9-10,13,15H2. The van der Waals surface area contributed by atoms with Crippen molar-refractivity contribution < 1.29 is 22.7 Å². The summed E-state index contributed by atoms with van der Waals surface area (Å²) in [6.07, 6.45) is 9.85. The quantitative estimate of drug-likeness (QED) is 0.612. The lowest BCUT2D eigenvalue weighted by atomic mass is 9.96. The minimum atomic E-state index is -4.37. The molecule has 1 unspecified atom stereocenters. The third kappa shape index (κ3) is 4.61. The smallest absolute Gasteiger partial charge is 0.416 e. The van der Waals surface area contributed by atoms with E-state index in [1.807, 2.05) is 6.08 Å². The summed E-state index contributed by atoms with van der Waals surface area (Å²) in [4.78, 5) is 16.1. The van der Waals surface area contributed by atoms with Gasteiger partial charge in [0.2, 0.25) is 0 Å². The molecule has 1 fully saturated rings. The van der Waals surface area contributed by atoms with Crippen LogP contribution in [0.4, 0.5) is 18.0 Å². The van der Waals surface area contributed by atoms with Gasteiger partial charge in [-0.15, -0.1) is 0 Å². The van der Waals surface area contributed by atoms with Crippen LogP contribution >= 0.6 is 0 Å². The molecule has 0 spiro atoms. The van der Waals surface area contributed by atoms with Crippen LogP contribution in [-0.2, 0) is 10.9 Å². The van der Waals surface area contributed by atoms with E-state index in [1.165, 1.54) is 28.9 Å². The maximum absolute atomic E-state index is 13.0. The summed E-state index contributed by atoms with van der Waals surface area (Å²) in [6.45, 7) is 0.897. The van der Waals surface area contributed by atoms with Gasteiger partial charge < -0.3 is 9.64 Å². The molecule has 7 heteroatoms. The fourth-order valence-corrected chi connectivity index (χ4v) is 3.98. The van der Waals surface area contributed by atoms with Crippen LogP contribution < -0.4 is 0 Å². The first-order chi connectivity index (χ1) is 14.4. The summed E-state index contributed by atoms with van der Waals surface area (Å²) in [7, 11) is 0. The van der Waals surface area contributed by atoms with Crippen molar-refractivity contribution in [2.24, 2.45) is 0 Å². The fourth-order valence-electron chi connectivity index (χ4n) is 3.98. The number of carbonyl (C=O) groups excluding carboxylic acids is 1. The highest BCUT2D eigenvalue weighted by Gasteiger charge is 2.33. The van der Waals surface area contributed by atoms with Gasteiger partial charge in [-0.05, 0) is 30.9 Å². The Kier molecular flexibility index (Phi) is 5.70. The molecule has 0 radical (unpaired) electrons. The number of ether oxygens (including phenoxy) is 1. The molecular weight excluding hydrogens is 393 g/mol. The molecule has 1 aliphatic carbocycles. The first-order valence-corrected chi connectivity index (χ1v) is 10.0. The Morgan fingerprint density at radius 1 is 1.27 bits per heavy atom. The van der Waals surface area contributed by atoms with Gasteiger partial charge >= 0.3 is 12.2 Å². The molecule has 1 aromatic rings. The summed E-state index contributed by atoms with van der Waals surface area (Å²) in [6, 6.07) is 5.20. The van der Waals surface area contributed by atoms with E-state index in [2.05, 4.69) is 12.2 Å². The van der Waals surface area contributed by atoms with Gasteiger partial charge in [0.15, 0.2) is 0 Å². The van der Waals surface area contributed by atoms with E-state index in [9.17, 15) is 18.0 Å². The highest BCUT2D eigenvalue weighted by molar-refractivity contribution is 5.77. The number of likely N-dealkylation sites (tertiary alicyclic amines) is 1. The fraction of sp³-hybridized carbons (Fsp3) is 0.348. The second-order valence-electron chi connectivity index (χ2n) is 7.71. The molecule has 4 nitrogen and oxygen atoms in total. The maximum Gasteiger partial charge on any atom is 0.416 e. The number of hydrogen-bond acceptors (Lipinski definition) is 2. The highest BCUT2D eigenvalue weighted by Crippen LogP contribution is 2.34. The Balaban J connectivity index is 1.41. The molecule has 4 rings (SSSR count). The van der Waals surface area contributed by atoms with Crippen molar-refractivity contribution in [1.82, 2.24) is 9.80 Å². The SMILES string of the molecule is O=C(N1C=COC(CC2=CC=CCC2)=C1)N1CCC(c2cccc(C(F)(F)F)c2)C1. The largest absolute Gasteiger partial charge is 0.466 e. The zero-order valence-electron chi connectivity index (χ0n) is 16.4. The average Bonchev–Trinajstić information content (AvgIpc) is 3.24. The summed E-state index contributed by atoms with van der Waals surface area (Å²) < 4.78 is 44.6. The molecule has 0 saturated carbocycles. The van der Waals surface area contributed by atoms with Gasteiger partial charge in [0, 0.05) is 31.6 Å². The molecule has 1 saturated heterocycles. The van der Waals surface area contributed by atoms with E-state index < -0.39 is 11.7 Å². The molecule has 1 aromatic carbocycles. The number of alkyl halides is 3. The number of rotatable bonds is 3. The normalized spacial score (nSPS) is 21.4. The van der Waals surface area contributed by atoms with Gasteiger partial charge in [-0.2, -0.15) is 13.2 Å². The van der Waals surface area contributed by atoms with Crippen LogP contribution in [0.25, 0.3) is 0 Å². The first-order valence-electron chi connectivity index (χ1n) is 10.0. The lowest BCUT2D eigenvalue weighted by Crippen LogP contribution is -2.37. The number of hydrogen-bond donors (Lipinski definition) is 0. The zero-order chi connectivity index (χ0) is 21.1. The van der Waals surface area contributed by atoms with Gasteiger partial charge in [-0.3, -0.25) is 4.90 Å². The monoisotopic (exact) mass is 416 g/mol. The molecule has 0 aromatic heterocycles. The van der Waals surface area contributed by atoms with Crippen molar-refractivity contribution in [2.45, 2.75) is 37.8 Å². The highest BCUT2D eigenvalue weighted by atomic mass is 19.4. The van der Waals surface area contributed by atoms with Crippen LogP contribution in [0.3, 0.4) is 0 Å². The van der Waals surface area contributed by atoms with E-state index >= 15 is 0 Å². The maximum atomic E-state index is 13.0. The Labute approximate surface area is 173 Å². The molecule has 3 aliphatic rings. The van der Waals surface area contributed by atoms with Crippen molar-refractivity contribution in [3.8, 4) is 0 Å². The van der Waals surface area contributed by atoms with Crippen molar-refractivity contribution in [1.29, 1.82) is 0 Å². The third-order valence-corrected chi connectivity index (χ3v) is 5.59. The summed E-state index contributed by atoms with van der Waals surface area (Å²) >= 11 is 0. The number of allylic oxidation sites excluding steroid dienone is 4. The van der Waals surface area contributed by atoms with Crippen LogP contribution in [0, 0.1) is 0 Å². The molecule has 2 aliphatic heterocycles. The number of urea groups is 1. The molecule has 0 bridgehead atoms. The average molecular weight is 416 g/mol. The number of benzene rings is 1. The Bertz CT molecular complexity index is 931. The van der Waals surface area contributed by atoms with Crippen molar-refractivity contribution in [3.05, 3.63) is 83.6 Å². The van der Waals surface area contributed by atoms with Crippen molar-refractivity contribution >= 4 is 6.03 Å². The van der Waals surface area contributed by atoms with E-state index in [-0.39, 0.29) is 11.9 Å². The summed E-state index contributed by atoms with van der Waals surface area (Å²) in [5.41, 5.74) is 1.21. The van der Waals surface area contributed by atoms with Crippen LogP contribution in [0.15, 0.2) is 72.5 Å². The van der Waals surface area contributed by atoms with Crippen LogP contribution in [0.2, 0.25) is 0 Å². The predicted molar refractivity (Wildman–Crippen MR) is 107 cm³/mol. The van der Waals surface area contributed by atoms with Gasteiger partial charge in [0.05, 0.1) is 11.8 Å². The van der Waals surface area contributed by atoms with Crippen molar-refractivity contribution in [3.63, 3.8) is 0 Å². The lowest BCUT2D eigenvalue weighted by molar-refractivity contribution is -0.137. The minimum absolute atomic E-state index is 0.107. The van der Waals surface area contributed by atoms with Crippen LogP contribution in [0.5, 0.6) is 0 Å². The Morgan fingerprint density at radius 2 is 2.13 bits per heavy atom. The Hall–Kier alpha value is -2.96. The van der Waals surface area contributed by atoms with Gasteiger partial charge in [-0.25, -0.2) is 4.79 Å². The summed E-state index contributed by atoms with van der Waals surface area (Å²) in [5.74, 6) is 0.588. The second-order valence-corrected chi connectivity index (χ2v) is 7.71. The van der Waals surface area contributed by atoms with E-state index in [0.717, 1.165) is 18.9 Å². The van der Waals surface area contributed by atoms with Gasteiger partial charge in [-0.1, -0.05) is 42.0 Å². The predicted octanol–water partition coefficient (Wildman–Crippen LogP) is 5.93. The van der Waals surface area contributed by atoms with Gasteiger partial charge in [0.1, 0.15) is 12.0 Å². The first kappa shape index (κ1) is 20.3.